The van der Waals surface area contributed by atoms with Crippen LogP contribution in [-0.2, 0) is 6.61 Å². The number of pyridine rings is 1. The van der Waals surface area contributed by atoms with Crippen molar-refractivity contribution in [1.82, 2.24) is 4.98 Å². The minimum Gasteiger partial charge on any atom is -0.392 e. The average Bonchev–Trinajstić information content (AvgIpc) is 2.56. The van der Waals surface area contributed by atoms with Gasteiger partial charge in [-0.15, -0.1) is 0 Å². The standard InChI is InChI=1S/C20H19NO/c1-14-8-9-18(17-6-4-3-5-7-17)15(2)20(14)19-12-16(13-22)10-11-21-19/h3-12,22H,13H2,1-2H3. The Morgan fingerprint density at radius 3 is 2.45 bits per heavy atom. The summed E-state index contributed by atoms with van der Waals surface area (Å²) in [6.45, 7) is 4.27. The first-order valence-electron chi connectivity index (χ1n) is 7.42. The summed E-state index contributed by atoms with van der Waals surface area (Å²) >= 11 is 0. The Bertz CT molecular complexity index is 794. The van der Waals surface area contributed by atoms with Crippen LogP contribution < -0.4 is 0 Å². The topological polar surface area (TPSA) is 33.1 Å². The second kappa shape index (κ2) is 6.12. The van der Waals surface area contributed by atoms with Crippen LogP contribution in [0.15, 0.2) is 60.8 Å². The third kappa shape index (κ3) is 2.66. The third-order valence-electron chi connectivity index (χ3n) is 4.02. The monoisotopic (exact) mass is 289 g/mol. The van der Waals surface area contributed by atoms with Crippen LogP contribution in [0.2, 0.25) is 0 Å². The summed E-state index contributed by atoms with van der Waals surface area (Å²) in [6.07, 6.45) is 1.76. The molecule has 3 rings (SSSR count). The summed E-state index contributed by atoms with van der Waals surface area (Å²) in [4.78, 5) is 4.50. The first kappa shape index (κ1) is 14.5. The summed E-state index contributed by atoms with van der Waals surface area (Å²) in [5.74, 6) is 0. The van der Waals surface area contributed by atoms with E-state index in [2.05, 4.69) is 55.2 Å². The molecule has 0 spiro atoms. The molecule has 0 aliphatic heterocycles. The number of aromatic nitrogens is 1. The molecule has 2 aromatic carbocycles. The minimum absolute atomic E-state index is 0.0337. The smallest absolute Gasteiger partial charge is 0.0711 e. The van der Waals surface area contributed by atoms with E-state index < -0.39 is 0 Å². The van der Waals surface area contributed by atoms with E-state index >= 15 is 0 Å². The van der Waals surface area contributed by atoms with Crippen LogP contribution in [0, 0.1) is 13.8 Å². The van der Waals surface area contributed by atoms with Crippen molar-refractivity contribution in [2.45, 2.75) is 20.5 Å². The first-order valence-corrected chi connectivity index (χ1v) is 7.42. The summed E-state index contributed by atoms with van der Waals surface area (Å²) in [6, 6.07) is 18.5. The van der Waals surface area contributed by atoms with E-state index in [0.717, 1.165) is 16.8 Å². The van der Waals surface area contributed by atoms with Gasteiger partial charge in [0.1, 0.15) is 0 Å². The highest BCUT2D eigenvalue weighted by Crippen LogP contribution is 2.33. The van der Waals surface area contributed by atoms with Gasteiger partial charge in [-0.25, -0.2) is 0 Å². The van der Waals surface area contributed by atoms with E-state index in [1.807, 2.05) is 18.2 Å². The van der Waals surface area contributed by atoms with E-state index in [9.17, 15) is 5.11 Å². The predicted molar refractivity (Wildman–Crippen MR) is 90.5 cm³/mol. The molecule has 1 aromatic heterocycles. The molecule has 0 aliphatic carbocycles. The maximum Gasteiger partial charge on any atom is 0.0711 e. The molecule has 0 atom stereocenters. The van der Waals surface area contributed by atoms with Gasteiger partial charge in [0, 0.05) is 11.8 Å². The lowest BCUT2D eigenvalue weighted by molar-refractivity contribution is 0.282. The van der Waals surface area contributed by atoms with Gasteiger partial charge in [0.05, 0.1) is 12.3 Å². The largest absolute Gasteiger partial charge is 0.392 e. The lowest BCUT2D eigenvalue weighted by atomic mass is 9.91. The van der Waals surface area contributed by atoms with Crippen molar-refractivity contribution in [2.24, 2.45) is 0 Å². The molecule has 2 heteroatoms. The maximum atomic E-state index is 9.35. The highest BCUT2D eigenvalue weighted by Gasteiger charge is 2.12. The first-order chi connectivity index (χ1) is 10.7. The van der Waals surface area contributed by atoms with Crippen LogP contribution in [0.5, 0.6) is 0 Å². The number of hydrogen-bond donors (Lipinski definition) is 1. The van der Waals surface area contributed by atoms with E-state index in [1.54, 1.807) is 6.20 Å². The molecule has 0 fully saturated rings. The Labute approximate surface area is 131 Å². The highest BCUT2D eigenvalue weighted by atomic mass is 16.3. The van der Waals surface area contributed by atoms with Crippen molar-refractivity contribution in [3.8, 4) is 22.4 Å². The number of hydrogen-bond acceptors (Lipinski definition) is 2. The van der Waals surface area contributed by atoms with Crippen molar-refractivity contribution >= 4 is 0 Å². The maximum absolute atomic E-state index is 9.35. The van der Waals surface area contributed by atoms with E-state index in [-0.39, 0.29) is 6.61 Å². The average molecular weight is 289 g/mol. The van der Waals surface area contributed by atoms with Crippen molar-refractivity contribution < 1.29 is 5.11 Å². The lowest BCUT2D eigenvalue weighted by Crippen LogP contribution is -1.95. The Kier molecular flexibility index (Phi) is 4.03. The Morgan fingerprint density at radius 2 is 1.73 bits per heavy atom. The summed E-state index contributed by atoms with van der Waals surface area (Å²) < 4.78 is 0. The van der Waals surface area contributed by atoms with Gasteiger partial charge in [-0.3, -0.25) is 4.98 Å². The van der Waals surface area contributed by atoms with Crippen LogP contribution >= 0.6 is 0 Å². The van der Waals surface area contributed by atoms with Gasteiger partial charge in [0.2, 0.25) is 0 Å². The van der Waals surface area contributed by atoms with Crippen LogP contribution in [0.3, 0.4) is 0 Å². The molecular weight excluding hydrogens is 270 g/mol. The molecule has 1 N–H and O–H groups in total. The fourth-order valence-corrected chi connectivity index (χ4v) is 2.88. The molecule has 0 saturated carbocycles. The quantitative estimate of drug-likeness (QED) is 0.768. The van der Waals surface area contributed by atoms with Crippen LogP contribution in [-0.4, -0.2) is 10.1 Å². The summed E-state index contributed by atoms with van der Waals surface area (Å²) in [5.41, 5.74) is 7.79. The van der Waals surface area contributed by atoms with E-state index in [1.165, 1.54) is 22.3 Å². The normalized spacial score (nSPS) is 10.7. The summed E-state index contributed by atoms with van der Waals surface area (Å²) in [5, 5.41) is 9.35. The zero-order valence-corrected chi connectivity index (χ0v) is 12.9. The van der Waals surface area contributed by atoms with Gasteiger partial charge in [0.15, 0.2) is 0 Å². The zero-order valence-electron chi connectivity index (χ0n) is 12.9. The van der Waals surface area contributed by atoms with Crippen molar-refractivity contribution in [3.63, 3.8) is 0 Å². The fourth-order valence-electron chi connectivity index (χ4n) is 2.88. The zero-order chi connectivity index (χ0) is 15.5. The SMILES string of the molecule is Cc1ccc(-c2ccccc2)c(C)c1-c1cc(CO)ccn1. The van der Waals surface area contributed by atoms with Crippen LogP contribution in [0.25, 0.3) is 22.4 Å². The predicted octanol–water partition coefficient (Wildman–Crippen LogP) is 4.52. The van der Waals surface area contributed by atoms with Crippen LogP contribution in [0.1, 0.15) is 16.7 Å². The Morgan fingerprint density at radius 1 is 0.955 bits per heavy atom. The number of aliphatic hydroxyl groups excluding tert-OH is 1. The number of benzene rings is 2. The number of aryl methyl sites for hydroxylation is 1. The molecule has 0 saturated heterocycles. The molecule has 0 aliphatic rings. The Balaban J connectivity index is 2.19. The van der Waals surface area contributed by atoms with E-state index in [4.69, 9.17) is 0 Å². The van der Waals surface area contributed by atoms with Gasteiger partial charge in [-0.1, -0.05) is 42.5 Å². The van der Waals surface area contributed by atoms with Crippen molar-refractivity contribution in [2.75, 3.05) is 0 Å². The van der Waals surface area contributed by atoms with Gasteiger partial charge < -0.3 is 5.11 Å². The molecule has 1 heterocycles. The fraction of sp³-hybridized carbons (Fsp3) is 0.150. The minimum atomic E-state index is 0.0337. The lowest BCUT2D eigenvalue weighted by Gasteiger charge is -2.15. The molecule has 110 valence electrons. The molecule has 0 bridgehead atoms. The molecule has 0 radical (unpaired) electrons. The van der Waals surface area contributed by atoms with Crippen molar-refractivity contribution in [1.29, 1.82) is 0 Å². The van der Waals surface area contributed by atoms with Crippen molar-refractivity contribution in [3.05, 3.63) is 77.5 Å². The molecule has 0 unspecified atom stereocenters. The second-order valence-corrected chi connectivity index (χ2v) is 5.50. The number of rotatable bonds is 3. The van der Waals surface area contributed by atoms with E-state index in [0.29, 0.717) is 0 Å². The van der Waals surface area contributed by atoms with Gasteiger partial charge in [0.25, 0.3) is 0 Å². The molecule has 2 nitrogen and oxygen atoms in total. The Hall–Kier alpha value is -2.45. The summed E-state index contributed by atoms with van der Waals surface area (Å²) in [7, 11) is 0. The molecule has 0 amide bonds. The van der Waals surface area contributed by atoms with Crippen LogP contribution in [0.4, 0.5) is 0 Å². The molecule has 3 aromatic rings. The molecular formula is C20H19NO. The van der Waals surface area contributed by atoms with Gasteiger partial charge >= 0.3 is 0 Å². The highest BCUT2D eigenvalue weighted by molar-refractivity contribution is 5.79. The third-order valence-corrected chi connectivity index (χ3v) is 4.02. The molecule has 22 heavy (non-hydrogen) atoms. The number of aliphatic hydroxyl groups is 1. The second-order valence-electron chi connectivity index (χ2n) is 5.50. The van der Waals surface area contributed by atoms with Gasteiger partial charge in [-0.05, 0) is 53.8 Å². The number of nitrogens with zero attached hydrogens (tertiary/aromatic N) is 1. The van der Waals surface area contributed by atoms with Gasteiger partial charge in [-0.2, -0.15) is 0 Å².